The standard InChI is InChI=1S/C18H14NO2/c1-13-2-6-15(7-3-13)17(20)10-11-18(21)16-8-4-14(12-19)5-9-16/h2-10H,11H2,1H3. The Balaban J connectivity index is 1.95. The number of rotatable bonds is 5. The Bertz CT molecular complexity index is 691. The maximum absolute atomic E-state index is 12.0. The molecular formula is C18H14NO2. The summed E-state index contributed by atoms with van der Waals surface area (Å²) in [6, 6.07) is 15.6. The van der Waals surface area contributed by atoms with Crippen LogP contribution >= 0.6 is 0 Å². The lowest BCUT2D eigenvalue weighted by Gasteiger charge is -2.02. The molecule has 0 aliphatic carbocycles. The van der Waals surface area contributed by atoms with Gasteiger partial charge in [-0.3, -0.25) is 9.59 Å². The van der Waals surface area contributed by atoms with Gasteiger partial charge in [0.05, 0.1) is 11.6 Å². The van der Waals surface area contributed by atoms with E-state index in [-0.39, 0.29) is 18.0 Å². The highest BCUT2D eigenvalue weighted by atomic mass is 16.1. The number of Topliss-reactive ketones (excluding diaryl/α,β-unsaturated/α-hetero) is 2. The number of hydrogen-bond donors (Lipinski definition) is 0. The van der Waals surface area contributed by atoms with E-state index in [4.69, 9.17) is 5.26 Å². The number of aryl methyl sites for hydroxylation is 1. The minimum atomic E-state index is -0.156. The summed E-state index contributed by atoms with van der Waals surface area (Å²) in [7, 11) is 0. The number of nitriles is 1. The van der Waals surface area contributed by atoms with Crippen LogP contribution in [0.3, 0.4) is 0 Å². The molecule has 0 unspecified atom stereocenters. The smallest absolute Gasteiger partial charge is 0.167 e. The lowest BCUT2D eigenvalue weighted by molar-refractivity contribution is 0.0956. The zero-order valence-corrected chi connectivity index (χ0v) is 11.7. The first-order valence-electron chi connectivity index (χ1n) is 6.58. The quantitative estimate of drug-likeness (QED) is 0.785. The first-order valence-corrected chi connectivity index (χ1v) is 6.58. The molecule has 0 bridgehead atoms. The number of nitrogens with zero attached hydrogens (tertiary/aromatic N) is 1. The van der Waals surface area contributed by atoms with E-state index in [9.17, 15) is 9.59 Å². The molecule has 0 fully saturated rings. The van der Waals surface area contributed by atoms with Crippen molar-refractivity contribution < 1.29 is 9.59 Å². The average Bonchev–Trinajstić information content (AvgIpc) is 2.53. The van der Waals surface area contributed by atoms with Crippen LogP contribution in [0.5, 0.6) is 0 Å². The van der Waals surface area contributed by atoms with Gasteiger partial charge in [0.25, 0.3) is 0 Å². The molecule has 0 amide bonds. The van der Waals surface area contributed by atoms with Crippen molar-refractivity contribution in [2.24, 2.45) is 0 Å². The molecule has 1 radical (unpaired) electrons. The summed E-state index contributed by atoms with van der Waals surface area (Å²) < 4.78 is 0. The van der Waals surface area contributed by atoms with Gasteiger partial charge < -0.3 is 0 Å². The Labute approximate surface area is 123 Å². The first-order chi connectivity index (χ1) is 10.1. The Kier molecular flexibility index (Phi) is 4.63. The molecule has 3 nitrogen and oxygen atoms in total. The van der Waals surface area contributed by atoms with Gasteiger partial charge in [0.2, 0.25) is 0 Å². The first kappa shape index (κ1) is 14.7. The molecule has 0 saturated heterocycles. The van der Waals surface area contributed by atoms with Crippen LogP contribution in [0.25, 0.3) is 0 Å². The van der Waals surface area contributed by atoms with Crippen LogP contribution in [0.2, 0.25) is 0 Å². The van der Waals surface area contributed by atoms with Gasteiger partial charge in [0.15, 0.2) is 11.6 Å². The molecule has 0 aliphatic rings. The van der Waals surface area contributed by atoms with Gasteiger partial charge in [-0.1, -0.05) is 42.0 Å². The summed E-state index contributed by atoms with van der Waals surface area (Å²) in [5.41, 5.74) is 2.67. The summed E-state index contributed by atoms with van der Waals surface area (Å²) in [5, 5.41) is 8.70. The van der Waals surface area contributed by atoms with Crippen LogP contribution in [0, 0.1) is 24.7 Å². The summed E-state index contributed by atoms with van der Waals surface area (Å²) in [6.07, 6.45) is 1.45. The van der Waals surface area contributed by atoms with Crippen molar-refractivity contribution in [2.45, 2.75) is 13.3 Å². The highest BCUT2D eigenvalue weighted by Gasteiger charge is 2.11. The lowest BCUT2D eigenvalue weighted by atomic mass is 10.0. The molecule has 0 N–H and O–H groups in total. The highest BCUT2D eigenvalue weighted by molar-refractivity contribution is 6.07. The van der Waals surface area contributed by atoms with Crippen molar-refractivity contribution in [3.63, 3.8) is 0 Å². The normalized spacial score (nSPS) is 9.90. The van der Waals surface area contributed by atoms with E-state index in [1.807, 2.05) is 25.1 Å². The molecule has 0 heterocycles. The van der Waals surface area contributed by atoms with Crippen molar-refractivity contribution in [1.29, 1.82) is 5.26 Å². The van der Waals surface area contributed by atoms with E-state index >= 15 is 0 Å². The monoisotopic (exact) mass is 276 g/mol. The number of ketones is 2. The van der Waals surface area contributed by atoms with Gasteiger partial charge in [-0.2, -0.15) is 5.26 Å². The third kappa shape index (κ3) is 3.87. The molecule has 103 valence electrons. The zero-order chi connectivity index (χ0) is 15.2. The molecule has 2 aromatic carbocycles. The van der Waals surface area contributed by atoms with E-state index in [1.165, 1.54) is 6.42 Å². The second-order valence-corrected chi connectivity index (χ2v) is 4.75. The van der Waals surface area contributed by atoms with Gasteiger partial charge in [-0.25, -0.2) is 0 Å². The fourth-order valence-corrected chi connectivity index (χ4v) is 1.87. The summed E-state index contributed by atoms with van der Waals surface area (Å²) >= 11 is 0. The predicted molar refractivity (Wildman–Crippen MR) is 79.9 cm³/mol. The van der Waals surface area contributed by atoms with Crippen LogP contribution in [0.15, 0.2) is 48.5 Å². The largest absolute Gasteiger partial charge is 0.294 e. The molecule has 2 aromatic rings. The Morgan fingerprint density at radius 3 is 2.14 bits per heavy atom. The minimum absolute atomic E-state index is 0.0542. The van der Waals surface area contributed by atoms with Crippen LogP contribution in [0.4, 0.5) is 0 Å². The third-order valence-corrected chi connectivity index (χ3v) is 3.14. The van der Waals surface area contributed by atoms with Crippen LogP contribution in [-0.4, -0.2) is 11.6 Å². The maximum Gasteiger partial charge on any atom is 0.167 e. The van der Waals surface area contributed by atoms with Gasteiger partial charge in [-0.15, -0.1) is 0 Å². The van der Waals surface area contributed by atoms with E-state index in [2.05, 4.69) is 0 Å². The number of hydrogen-bond acceptors (Lipinski definition) is 3. The molecule has 2 rings (SSSR count). The minimum Gasteiger partial charge on any atom is -0.294 e. The SMILES string of the molecule is Cc1ccc(C(=O)[CH]CC(=O)c2ccc(C#N)cc2)cc1. The van der Waals surface area contributed by atoms with Gasteiger partial charge in [-0.05, 0) is 19.1 Å². The van der Waals surface area contributed by atoms with E-state index < -0.39 is 0 Å². The maximum atomic E-state index is 12.0. The van der Waals surface area contributed by atoms with Gasteiger partial charge in [0, 0.05) is 24.0 Å². The Hall–Kier alpha value is -2.73. The molecule has 21 heavy (non-hydrogen) atoms. The lowest BCUT2D eigenvalue weighted by Crippen LogP contribution is -2.06. The van der Waals surface area contributed by atoms with Gasteiger partial charge in [0.1, 0.15) is 0 Å². The Morgan fingerprint density at radius 1 is 1.00 bits per heavy atom. The average molecular weight is 276 g/mol. The molecule has 0 spiro atoms. The topological polar surface area (TPSA) is 57.9 Å². The molecule has 3 heteroatoms. The van der Waals surface area contributed by atoms with Crippen LogP contribution in [0.1, 0.15) is 38.3 Å². The van der Waals surface area contributed by atoms with Crippen molar-refractivity contribution >= 4 is 11.6 Å². The fraction of sp³-hybridized carbons (Fsp3) is 0.111. The molecule has 0 aliphatic heterocycles. The van der Waals surface area contributed by atoms with E-state index in [1.54, 1.807) is 36.4 Å². The number of carbonyl (C=O) groups excluding carboxylic acids is 2. The molecule has 0 atom stereocenters. The summed E-state index contributed by atoms with van der Waals surface area (Å²) in [5.74, 6) is -0.294. The van der Waals surface area contributed by atoms with Crippen molar-refractivity contribution in [1.82, 2.24) is 0 Å². The van der Waals surface area contributed by atoms with Gasteiger partial charge >= 0.3 is 0 Å². The second kappa shape index (κ2) is 6.62. The molecular weight excluding hydrogens is 262 g/mol. The molecule has 0 saturated carbocycles. The predicted octanol–water partition coefficient (Wildman–Crippen LogP) is 3.53. The van der Waals surface area contributed by atoms with E-state index in [0.717, 1.165) is 5.56 Å². The van der Waals surface area contributed by atoms with E-state index in [0.29, 0.717) is 16.7 Å². The fourth-order valence-electron chi connectivity index (χ4n) is 1.87. The Morgan fingerprint density at radius 2 is 1.57 bits per heavy atom. The van der Waals surface area contributed by atoms with Crippen LogP contribution < -0.4 is 0 Å². The zero-order valence-electron chi connectivity index (χ0n) is 11.7. The third-order valence-electron chi connectivity index (χ3n) is 3.14. The number of carbonyl (C=O) groups is 2. The van der Waals surface area contributed by atoms with Crippen LogP contribution in [-0.2, 0) is 0 Å². The summed E-state index contributed by atoms with van der Waals surface area (Å²) in [4.78, 5) is 23.9. The second-order valence-electron chi connectivity index (χ2n) is 4.75. The summed E-state index contributed by atoms with van der Waals surface area (Å²) in [6.45, 7) is 1.95. The molecule has 0 aromatic heterocycles. The van der Waals surface area contributed by atoms with Crippen molar-refractivity contribution in [3.8, 4) is 6.07 Å². The van der Waals surface area contributed by atoms with Crippen molar-refractivity contribution in [3.05, 3.63) is 77.2 Å². The van der Waals surface area contributed by atoms with Crippen molar-refractivity contribution in [2.75, 3.05) is 0 Å². The highest BCUT2D eigenvalue weighted by Crippen LogP contribution is 2.11. The number of benzene rings is 2.